The lowest BCUT2D eigenvalue weighted by Crippen LogP contribution is -2.27. The molecular formula is C16H26N2O. The molecule has 2 saturated carbocycles. The second-order valence-electron chi connectivity index (χ2n) is 6.56. The molecule has 0 spiro atoms. The normalized spacial score (nSPS) is 19.6. The Morgan fingerprint density at radius 2 is 2.11 bits per heavy atom. The van der Waals surface area contributed by atoms with Gasteiger partial charge in [0.25, 0.3) is 0 Å². The van der Waals surface area contributed by atoms with Gasteiger partial charge in [-0.3, -0.25) is 4.90 Å². The van der Waals surface area contributed by atoms with Crippen LogP contribution >= 0.6 is 0 Å². The minimum absolute atomic E-state index is 0.524. The monoisotopic (exact) mass is 262 g/mol. The zero-order valence-electron chi connectivity index (χ0n) is 12.2. The number of nitrogens with one attached hydrogen (secondary N) is 1. The van der Waals surface area contributed by atoms with E-state index in [9.17, 15) is 0 Å². The molecule has 0 aliphatic heterocycles. The quantitative estimate of drug-likeness (QED) is 0.780. The van der Waals surface area contributed by atoms with Gasteiger partial charge in [-0.1, -0.05) is 13.8 Å². The minimum Gasteiger partial charge on any atom is -0.468 e. The van der Waals surface area contributed by atoms with Crippen molar-refractivity contribution in [1.29, 1.82) is 0 Å². The molecule has 106 valence electrons. The summed E-state index contributed by atoms with van der Waals surface area (Å²) < 4.78 is 5.73. The smallest absolute Gasteiger partial charge is 0.118 e. The van der Waals surface area contributed by atoms with E-state index < -0.39 is 0 Å². The van der Waals surface area contributed by atoms with Gasteiger partial charge in [0.1, 0.15) is 5.76 Å². The molecule has 3 nitrogen and oxygen atoms in total. The molecule has 0 saturated heterocycles. The Hall–Kier alpha value is -0.800. The van der Waals surface area contributed by atoms with Crippen LogP contribution in [-0.4, -0.2) is 23.5 Å². The lowest BCUT2D eigenvalue weighted by Gasteiger charge is -2.20. The van der Waals surface area contributed by atoms with Crippen LogP contribution in [0, 0.1) is 5.92 Å². The lowest BCUT2D eigenvalue weighted by molar-refractivity contribution is 0.224. The molecule has 0 radical (unpaired) electrons. The van der Waals surface area contributed by atoms with Crippen LogP contribution in [0.2, 0.25) is 0 Å². The fourth-order valence-electron chi connectivity index (χ4n) is 2.54. The van der Waals surface area contributed by atoms with E-state index in [2.05, 4.69) is 30.1 Å². The molecule has 0 aromatic carbocycles. The van der Waals surface area contributed by atoms with Crippen molar-refractivity contribution in [3.05, 3.63) is 23.7 Å². The van der Waals surface area contributed by atoms with Gasteiger partial charge in [0.15, 0.2) is 0 Å². The Bertz CT molecular complexity index is 405. The van der Waals surface area contributed by atoms with Gasteiger partial charge < -0.3 is 9.73 Å². The molecule has 1 heterocycles. The highest BCUT2D eigenvalue weighted by Gasteiger charge is 2.33. The number of rotatable bonds is 8. The molecule has 0 bridgehead atoms. The van der Waals surface area contributed by atoms with E-state index in [1.54, 1.807) is 0 Å². The largest absolute Gasteiger partial charge is 0.468 e. The van der Waals surface area contributed by atoms with Crippen molar-refractivity contribution in [1.82, 2.24) is 10.2 Å². The molecule has 3 heteroatoms. The summed E-state index contributed by atoms with van der Waals surface area (Å²) in [5.41, 5.74) is 1.27. The molecule has 1 aromatic heterocycles. The van der Waals surface area contributed by atoms with E-state index in [4.69, 9.17) is 4.42 Å². The van der Waals surface area contributed by atoms with Crippen molar-refractivity contribution in [2.75, 3.05) is 6.54 Å². The summed E-state index contributed by atoms with van der Waals surface area (Å²) >= 11 is 0. The van der Waals surface area contributed by atoms with E-state index in [1.165, 1.54) is 37.8 Å². The van der Waals surface area contributed by atoms with Crippen molar-refractivity contribution in [3.63, 3.8) is 0 Å². The predicted molar refractivity (Wildman–Crippen MR) is 76.8 cm³/mol. The maximum absolute atomic E-state index is 5.73. The van der Waals surface area contributed by atoms with Crippen molar-refractivity contribution in [3.8, 4) is 0 Å². The van der Waals surface area contributed by atoms with Crippen molar-refractivity contribution in [2.24, 2.45) is 5.92 Å². The minimum atomic E-state index is 0.524. The van der Waals surface area contributed by atoms with Gasteiger partial charge in [0, 0.05) is 30.7 Å². The van der Waals surface area contributed by atoms with Crippen LogP contribution < -0.4 is 5.32 Å². The molecule has 0 amide bonds. The second kappa shape index (κ2) is 5.68. The molecule has 2 aliphatic carbocycles. The van der Waals surface area contributed by atoms with Gasteiger partial charge in [0.05, 0.1) is 12.8 Å². The third-order valence-electron chi connectivity index (χ3n) is 4.03. The number of hydrogen-bond donors (Lipinski definition) is 1. The molecule has 2 aliphatic rings. The Balaban J connectivity index is 1.52. The van der Waals surface area contributed by atoms with Gasteiger partial charge in [0.2, 0.25) is 0 Å². The molecule has 2 fully saturated rings. The summed E-state index contributed by atoms with van der Waals surface area (Å²) in [4.78, 5) is 2.64. The summed E-state index contributed by atoms with van der Waals surface area (Å²) in [6.07, 6.45) is 7.55. The molecule has 0 unspecified atom stereocenters. The lowest BCUT2D eigenvalue weighted by atomic mass is 10.2. The van der Waals surface area contributed by atoms with E-state index in [1.807, 2.05) is 6.26 Å². The first-order valence-corrected chi connectivity index (χ1v) is 7.74. The summed E-state index contributed by atoms with van der Waals surface area (Å²) in [5.74, 6) is 2.10. The van der Waals surface area contributed by atoms with Crippen LogP contribution in [-0.2, 0) is 13.1 Å². The summed E-state index contributed by atoms with van der Waals surface area (Å²) in [7, 11) is 0. The first-order chi connectivity index (χ1) is 9.20. The van der Waals surface area contributed by atoms with Crippen LogP contribution in [0.25, 0.3) is 0 Å². The Kier molecular flexibility index (Phi) is 3.94. The maximum atomic E-state index is 5.73. The maximum Gasteiger partial charge on any atom is 0.118 e. The van der Waals surface area contributed by atoms with Gasteiger partial charge in [-0.05, 0) is 37.7 Å². The van der Waals surface area contributed by atoms with Crippen LogP contribution in [0.5, 0.6) is 0 Å². The first kappa shape index (κ1) is 13.2. The van der Waals surface area contributed by atoms with Crippen LogP contribution in [0.4, 0.5) is 0 Å². The standard InChI is InChI=1S/C16H26N2O/c1-12(2)17-8-14-7-16(19-11-14)10-18(15-5-6-15)9-13-3-4-13/h7,11-13,15,17H,3-6,8-10H2,1-2H3. The van der Waals surface area contributed by atoms with Crippen molar-refractivity contribution >= 4 is 0 Å². The number of hydrogen-bond acceptors (Lipinski definition) is 3. The molecule has 1 aromatic rings. The van der Waals surface area contributed by atoms with Crippen LogP contribution in [0.15, 0.2) is 16.7 Å². The van der Waals surface area contributed by atoms with Crippen LogP contribution in [0.1, 0.15) is 50.9 Å². The summed E-state index contributed by atoms with van der Waals surface area (Å²) in [6.45, 7) is 7.54. The van der Waals surface area contributed by atoms with Gasteiger partial charge in [-0.25, -0.2) is 0 Å². The van der Waals surface area contributed by atoms with Gasteiger partial charge in [-0.2, -0.15) is 0 Å². The predicted octanol–water partition coefficient (Wildman–Crippen LogP) is 3.15. The molecule has 19 heavy (non-hydrogen) atoms. The highest BCUT2D eigenvalue weighted by Crippen LogP contribution is 2.35. The fourth-order valence-corrected chi connectivity index (χ4v) is 2.54. The zero-order valence-corrected chi connectivity index (χ0v) is 12.2. The summed E-state index contributed by atoms with van der Waals surface area (Å²) in [5, 5.41) is 3.43. The van der Waals surface area contributed by atoms with Gasteiger partial charge in [-0.15, -0.1) is 0 Å². The topological polar surface area (TPSA) is 28.4 Å². The number of nitrogens with zero attached hydrogens (tertiary/aromatic N) is 1. The molecule has 3 rings (SSSR count). The van der Waals surface area contributed by atoms with E-state index in [0.717, 1.165) is 30.8 Å². The SMILES string of the molecule is CC(C)NCc1coc(CN(CC2CC2)C2CC2)c1. The zero-order chi connectivity index (χ0) is 13.2. The van der Waals surface area contributed by atoms with Crippen molar-refractivity contribution in [2.45, 2.75) is 64.7 Å². The third kappa shape index (κ3) is 4.08. The average Bonchev–Trinajstić information content (AvgIpc) is 3.26. The van der Waals surface area contributed by atoms with E-state index >= 15 is 0 Å². The Labute approximate surface area is 116 Å². The van der Waals surface area contributed by atoms with Gasteiger partial charge >= 0.3 is 0 Å². The Morgan fingerprint density at radius 3 is 2.74 bits per heavy atom. The molecule has 1 N–H and O–H groups in total. The third-order valence-corrected chi connectivity index (χ3v) is 4.03. The fraction of sp³-hybridized carbons (Fsp3) is 0.750. The highest BCUT2D eigenvalue weighted by atomic mass is 16.3. The second-order valence-corrected chi connectivity index (χ2v) is 6.56. The molecular weight excluding hydrogens is 236 g/mol. The first-order valence-electron chi connectivity index (χ1n) is 7.74. The highest BCUT2D eigenvalue weighted by molar-refractivity contribution is 5.13. The average molecular weight is 262 g/mol. The molecule has 0 atom stereocenters. The van der Waals surface area contributed by atoms with E-state index in [0.29, 0.717) is 6.04 Å². The number of furan rings is 1. The Morgan fingerprint density at radius 1 is 1.32 bits per heavy atom. The van der Waals surface area contributed by atoms with Crippen LogP contribution in [0.3, 0.4) is 0 Å². The summed E-state index contributed by atoms with van der Waals surface area (Å²) in [6, 6.07) is 3.58. The van der Waals surface area contributed by atoms with Crippen molar-refractivity contribution < 1.29 is 4.42 Å². The van der Waals surface area contributed by atoms with E-state index in [-0.39, 0.29) is 0 Å².